The number of sulfonamides is 1. The van der Waals surface area contributed by atoms with Crippen LogP contribution in [0.25, 0.3) is 10.8 Å². The summed E-state index contributed by atoms with van der Waals surface area (Å²) >= 11 is 0. The summed E-state index contributed by atoms with van der Waals surface area (Å²) in [6.07, 6.45) is 0. The number of carbonyl (C=O) groups excluding carboxylic acids is 2. The summed E-state index contributed by atoms with van der Waals surface area (Å²) in [6.45, 7) is 1.29. The molecule has 3 aromatic carbocycles. The first kappa shape index (κ1) is 17.9. The zero-order valence-electron chi connectivity index (χ0n) is 14.5. The number of rotatable bonds is 4. The molecule has 0 radical (unpaired) electrons. The maximum atomic E-state index is 14.2. The third-order valence-electron chi connectivity index (χ3n) is 4.31. The summed E-state index contributed by atoms with van der Waals surface area (Å²) in [5, 5.41) is 6.00. The Hall–Kier alpha value is -3.46. The fourth-order valence-corrected chi connectivity index (χ4v) is 4.44. The second-order valence-electron chi connectivity index (χ2n) is 6.27. The van der Waals surface area contributed by atoms with Crippen molar-refractivity contribution in [3.05, 3.63) is 59.9 Å². The molecule has 0 atom stereocenters. The van der Waals surface area contributed by atoms with Crippen molar-refractivity contribution in [2.45, 2.75) is 11.8 Å². The van der Waals surface area contributed by atoms with E-state index in [4.69, 9.17) is 0 Å². The van der Waals surface area contributed by atoms with E-state index in [-0.39, 0.29) is 28.1 Å². The van der Waals surface area contributed by atoms with Gasteiger partial charge in [-0.3, -0.25) is 14.3 Å². The van der Waals surface area contributed by atoms with Crippen LogP contribution in [0.5, 0.6) is 0 Å². The Morgan fingerprint density at radius 2 is 1.89 bits per heavy atom. The van der Waals surface area contributed by atoms with Gasteiger partial charge in [-0.15, -0.1) is 0 Å². The molecule has 0 saturated carbocycles. The molecule has 1 aliphatic rings. The highest BCUT2D eigenvalue weighted by molar-refractivity contribution is 7.93. The highest BCUT2D eigenvalue weighted by Gasteiger charge is 2.26. The lowest BCUT2D eigenvalue weighted by atomic mass is 10.1. The monoisotopic (exact) mass is 399 g/mol. The Kier molecular flexibility index (Phi) is 4.04. The van der Waals surface area contributed by atoms with E-state index in [2.05, 4.69) is 15.4 Å². The number of benzene rings is 3. The number of amides is 2. The van der Waals surface area contributed by atoms with Crippen molar-refractivity contribution in [3.8, 4) is 0 Å². The molecule has 0 bridgehead atoms. The summed E-state index contributed by atoms with van der Waals surface area (Å²) < 4.78 is 42.3. The van der Waals surface area contributed by atoms with Crippen LogP contribution in [0.4, 0.5) is 21.5 Å². The molecule has 2 amide bonds. The number of hydrogen-bond donors (Lipinski definition) is 3. The van der Waals surface area contributed by atoms with E-state index >= 15 is 0 Å². The predicted octanol–water partition coefficient (Wildman–Crippen LogP) is 3.30. The van der Waals surface area contributed by atoms with Gasteiger partial charge in [-0.2, -0.15) is 0 Å². The Balaban J connectivity index is 1.80. The third kappa shape index (κ3) is 2.95. The number of halogens is 1. The van der Waals surface area contributed by atoms with Gasteiger partial charge in [0.05, 0.1) is 10.6 Å². The summed E-state index contributed by atoms with van der Waals surface area (Å²) in [5.41, 5.74) is 0.849. The van der Waals surface area contributed by atoms with Crippen LogP contribution in [0.3, 0.4) is 0 Å². The molecule has 142 valence electrons. The van der Waals surface area contributed by atoms with Crippen LogP contribution < -0.4 is 15.4 Å². The van der Waals surface area contributed by atoms with Gasteiger partial charge in [-0.05, 0) is 36.4 Å². The minimum atomic E-state index is -4.17. The van der Waals surface area contributed by atoms with Gasteiger partial charge in [0.15, 0.2) is 0 Å². The van der Waals surface area contributed by atoms with Crippen LogP contribution in [0.15, 0.2) is 53.4 Å². The van der Waals surface area contributed by atoms with E-state index in [1.54, 1.807) is 18.2 Å². The standard InChI is InChI=1S/C19H14FN3O4S/c1-10(24)21-11-5-6-14(20)16(9-11)23-28(26,27)17-8-7-15-18-12(17)3-2-4-13(18)19(25)22-15/h2-9,23H,1H3,(H,21,24)(H,22,25). The molecule has 0 unspecified atom stereocenters. The molecule has 0 fully saturated rings. The van der Waals surface area contributed by atoms with Gasteiger partial charge in [0, 0.05) is 34.6 Å². The van der Waals surface area contributed by atoms with E-state index in [1.807, 2.05) is 0 Å². The van der Waals surface area contributed by atoms with Crippen molar-refractivity contribution in [1.82, 2.24) is 0 Å². The smallest absolute Gasteiger partial charge is 0.262 e. The van der Waals surface area contributed by atoms with Crippen molar-refractivity contribution in [2.75, 3.05) is 15.4 Å². The Morgan fingerprint density at radius 3 is 2.64 bits per heavy atom. The second-order valence-corrected chi connectivity index (χ2v) is 7.93. The fraction of sp³-hybridized carbons (Fsp3) is 0.0526. The van der Waals surface area contributed by atoms with Crippen LogP contribution in [-0.2, 0) is 14.8 Å². The normalized spacial score (nSPS) is 12.7. The number of anilines is 3. The molecule has 0 spiro atoms. The summed E-state index contributed by atoms with van der Waals surface area (Å²) in [7, 11) is -4.17. The third-order valence-corrected chi connectivity index (χ3v) is 5.74. The molecule has 3 N–H and O–H groups in total. The van der Waals surface area contributed by atoms with Crippen molar-refractivity contribution >= 4 is 49.7 Å². The Morgan fingerprint density at radius 1 is 1.11 bits per heavy atom. The lowest BCUT2D eigenvalue weighted by Crippen LogP contribution is -2.15. The largest absolute Gasteiger partial charge is 0.326 e. The maximum absolute atomic E-state index is 14.2. The van der Waals surface area contributed by atoms with Gasteiger partial charge < -0.3 is 10.6 Å². The highest BCUT2D eigenvalue weighted by atomic mass is 32.2. The molecular weight excluding hydrogens is 385 g/mol. The summed E-state index contributed by atoms with van der Waals surface area (Å²) in [6, 6.07) is 11.2. The topological polar surface area (TPSA) is 104 Å². The molecule has 3 aromatic rings. The second kappa shape index (κ2) is 6.31. The van der Waals surface area contributed by atoms with E-state index in [1.165, 1.54) is 31.2 Å². The van der Waals surface area contributed by atoms with Gasteiger partial charge in [0.2, 0.25) is 5.91 Å². The number of nitrogens with one attached hydrogen (secondary N) is 3. The first-order valence-electron chi connectivity index (χ1n) is 8.23. The van der Waals surface area contributed by atoms with Gasteiger partial charge in [-0.1, -0.05) is 12.1 Å². The Labute approximate surface area is 159 Å². The molecule has 7 nitrogen and oxygen atoms in total. The molecule has 9 heteroatoms. The minimum Gasteiger partial charge on any atom is -0.326 e. The quantitative estimate of drug-likeness (QED) is 0.626. The van der Waals surface area contributed by atoms with Crippen molar-refractivity contribution in [3.63, 3.8) is 0 Å². The van der Waals surface area contributed by atoms with E-state index in [9.17, 15) is 22.4 Å². The average molecular weight is 399 g/mol. The lowest BCUT2D eigenvalue weighted by Gasteiger charge is -2.13. The number of carbonyl (C=O) groups is 2. The first-order valence-corrected chi connectivity index (χ1v) is 9.71. The van der Waals surface area contributed by atoms with Crippen molar-refractivity contribution < 1.29 is 22.4 Å². The Bertz CT molecular complexity index is 1270. The highest BCUT2D eigenvalue weighted by Crippen LogP contribution is 2.37. The number of hydrogen-bond acceptors (Lipinski definition) is 4. The summed E-state index contributed by atoms with van der Waals surface area (Å²) in [5.74, 6) is -1.47. The zero-order chi connectivity index (χ0) is 20.1. The van der Waals surface area contributed by atoms with Crippen molar-refractivity contribution in [1.29, 1.82) is 0 Å². The van der Waals surface area contributed by atoms with Crippen LogP contribution in [0.1, 0.15) is 17.3 Å². The van der Waals surface area contributed by atoms with Crippen LogP contribution >= 0.6 is 0 Å². The van der Waals surface area contributed by atoms with Crippen LogP contribution in [0.2, 0.25) is 0 Å². The average Bonchev–Trinajstić information content (AvgIpc) is 2.95. The lowest BCUT2D eigenvalue weighted by molar-refractivity contribution is -0.114. The molecule has 1 heterocycles. The van der Waals surface area contributed by atoms with Gasteiger partial charge in [0.25, 0.3) is 15.9 Å². The maximum Gasteiger partial charge on any atom is 0.262 e. The van der Waals surface area contributed by atoms with Gasteiger partial charge in [0.1, 0.15) is 5.82 Å². The van der Waals surface area contributed by atoms with Gasteiger partial charge in [-0.25, -0.2) is 12.8 Å². The fourth-order valence-electron chi connectivity index (χ4n) is 3.18. The van der Waals surface area contributed by atoms with Gasteiger partial charge >= 0.3 is 0 Å². The van der Waals surface area contributed by atoms with Crippen LogP contribution in [-0.4, -0.2) is 20.2 Å². The zero-order valence-corrected chi connectivity index (χ0v) is 15.4. The van der Waals surface area contributed by atoms with E-state index in [0.717, 1.165) is 6.07 Å². The molecule has 28 heavy (non-hydrogen) atoms. The molecule has 0 aromatic heterocycles. The van der Waals surface area contributed by atoms with E-state index in [0.29, 0.717) is 22.0 Å². The SMILES string of the molecule is CC(=O)Nc1ccc(F)c(NS(=O)(=O)c2ccc3c4c(cccc24)C(=O)N3)c1. The molecule has 0 saturated heterocycles. The van der Waals surface area contributed by atoms with E-state index < -0.39 is 15.8 Å². The van der Waals surface area contributed by atoms with Crippen molar-refractivity contribution in [2.24, 2.45) is 0 Å². The predicted molar refractivity (Wildman–Crippen MR) is 103 cm³/mol. The minimum absolute atomic E-state index is 0.0890. The molecule has 1 aliphatic heterocycles. The first-order chi connectivity index (χ1) is 13.3. The molecule has 0 aliphatic carbocycles. The summed E-state index contributed by atoms with van der Waals surface area (Å²) in [4.78, 5) is 23.1. The van der Waals surface area contributed by atoms with Crippen LogP contribution in [0, 0.1) is 5.82 Å². The molecule has 4 rings (SSSR count). The molecular formula is C19H14FN3O4S.